The van der Waals surface area contributed by atoms with Crippen LogP contribution in [0, 0.1) is 6.92 Å². The summed E-state index contributed by atoms with van der Waals surface area (Å²) >= 11 is 0.806. The van der Waals surface area contributed by atoms with E-state index < -0.39 is 32.7 Å². The van der Waals surface area contributed by atoms with Gasteiger partial charge in [0.2, 0.25) is 5.91 Å². The molecule has 0 bridgehead atoms. The molecule has 1 rings (SSSR count). The summed E-state index contributed by atoms with van der Waals surface area (Å²) in [5.74, 6) is -2.87. The average molecular weight is 433 g/mol. The standard InChI is InChI=1S/C13H17NO8S3.Na/c1-4-21-12(16)9-7(3)10(13(17)22-5-2)24-11(9)14-8(15)6-23-25(18,19)20;/h4-6H2,1-3H3,(H,14,15)(H,18,19,20);/q;+1/p-1. The zero-order valence-electron chi connectivity index (χ0n) is 14.6. The second-order valence-electron chi connectivity index (χ2n) is 4.42. The second-order valence-corrected chi connectivity index (χ2v) is 8.71. The van der Waals surface area contributed by atoms with E-state index in [4.69, 9.17) is 9.47 Å². The van der Waals surface area contributed by atoms with E-state index in [1.54, 1.807) is 13.8 Å². The van der Waals surface area contributed by atoms with E-state index in [9.17, 15) is 27.4 Å². The number of hydrogen-bond acceptors (Lipinski definition) is 10. The Balaban J connectivity index is 0.00000625. The van der Waals surface area contributed by atoms with Gasteiger partial charge in [0, 0.05) is 0 Å². The molecule has 1 aromatic heterocycles. The van der Waals surface area contributed by atoms with Crippen LogP contribution in [0.1, 0.15) is 39.4 Å². The fraction of sp³-hybridized carbons (Fsp3) is 0.462. The third kappa shape index (κ3) is 7.55. The molecular weight excluding hydrogens is 417 g/mol. The fourth-order valence-electron chi connectivity index (χ4n) is 1.73. The number of rotatable bonds is 8. The van der Waals surface area contributed by atoms with Crippen LogP contribution in [0.4, 0.5) is 5.00 Å². The van der Waals surface area contributed by atoms with Crippen LogP contribution < -0.4 is 34.9 Å². The Labute approximate surface area is 180 Å². The molecule has 1 aromatic rings. The molecule has 0 fully saturated rings. The Kier molecular flexibility index (Phi) is 11.0. The number of nitrogens with one attached hydrogen (secondary N) is 1. The Hall–Kier alpha value is -0.630. The average Bonchev–Trinajstić information content (AvgIpc) is 2.81. The minimum absolute atomic E-state index is 0. The zero-order chi connectivity index (χ0) is 19.2. The van der Waals surface area contributed by atoms with Crippen molar-refractivity contribution in [1.29, 1.82) is 0 Å². The minimum Gasteiger partial charge on any atom is -0.739 e. The molecule has 0 spiro atoms. The number of thiophene rings is 1. The minimum atomic E-state index is -4.63. The predicted molar refractivity (Wildman–Crippen MR) is 91.8 cm³/mol. The van der Waals surface area contributed by atoms with Crippen LogP contribution in [0.15, 0.2) is 0 Å². The van der Waals surface area contributed by atoms with Crippen LogP contribution in [-0.4, -0.2) is 49.8 Å². The van der Waals surface area contributed by atoms with Gasteiger partial charge in [0.25, 0.3) is 0 Å². The van der Waals surface area contributed by atoms with Gasteiger partial charge in [-0.05, 0) is 37.1 Å². The summed E-state index contributed by atoms with van der Waals surface area (Å²) in [6.07, 6.45) is 0. The van der Waals surface area contributed by atoms with Crippen LogP contribution >= 0.6 is 22.1 Å². The van der Waals surface area contributed by atoms with Crippen LogP contribution in [0.3, 0.4) is 0 Å². The van der Waals surface area contributed by atoms with E-state index in [2.05, 4.69) is 5.32 Å². The second kappa shape index (κ2) is 11.3. The van der Waals surface area contributed by atoms with Crippen molar-refractivity contribution in [2.45, 2.75) is 20.8 Å². The normalized spacial score (nSPS) is 10.6. The largest absolute Gasteiger partial charge is 1.00 e. The summed E-state index contributed by atoms with van der Waals surface area (Å²) in [6.45, 7) is 4.93. The molecule has 1 N–H and O–H groups in total. The Morgan fingerprint density at radius 3 is 2.19 bits per heavy atom. The molecule has 26 heavy (non-hydrogen) atoms. The van der Waals surface area contributed by atoms with Crippen molar-refractivity contribution in [3.8, 4) is 0 Å². The topological polar surface area (TPSA) is 139 Å². The molecule has 0 aliphatic heterocycles. The van der Waals surface area contributed by atoms with Crippen molar-refractivity contribution in [1.82, 2.24) is 0 Å². The number of amides is 1. The Morgan fingerprint density at radius 1 is 1.15 bits per heavy atom. The first kappa shape index (κ1) is 25.4. The van der Waals surface area contributed by atoms with Gasteiger partial charge in [-0.2, -0.15) is 0 Å². The molecule has 13 heteroatoms. The number of esters is 2. The molecule has 0 aromatic carbocycles. The first-order chi connectivity index (χ1) is 11.6. The maximum absolute atomic E-state index is 12.1. The fourth-order valence-corrected chi connectivity index (χ4v) is 3.91. The first-order valence-corrected chi connectivity index (χ1v) is 10.7. The van der Waals surface area contributed by atoms with Crippen molar-refractivity contribution in [2.75, 3.05) is 24.3 Å². The van der Waals surface area contributed by atoms with E-state index in [1.807, 2.05) is 0 Å². The smallest absolute Gasteiger partial charge is 0.739 e. The van der Waals surface area contributed by atoms with E-state index >= 15 is 0 Å². The number of carbonyl (C=O) groups excluding carboxylic acids is 3. The summed E-state index contributed by atoms with van der Waals surface area (Å²) in [5, 5.41) is 2.35. The molecule has 0 aliphatic carbocycles. The number of carbonyl (C=O) groups is 3. The Morgan fingerprint density at radius 2 is 1.69 bits per heavy atom. The quantitative estimate of drug-likeness (QED) is 0.226. The van der Waals surface area contributed by atoms with Gasteiger partial charge in [-0.1, -0.05) is 0 Å². The van der Waals surface area contributed by atoms with E-state index in [0.717, 1.165) is 11.3 Å². The summed E-state index contributed by atoms with van der Waals surface area (Å²) < 4.78 is 41.5. The van der Waals surface area contributed by atoms with E-state index in [-0.39, 0.29) is 74.6 Å². The summed E-state index contributed by atoms with van der Waals surface area (Å²) in [7, 11) is -4.71. The van der Waals surface area contributed by atoms with Crippen LogP contribution in [-0.2, 0) is 23.4 Å². The molecule has 0 saturated carbocycles. The van der Waals surface area contributed by atoms with Crippen molar-refractivity contribution in [2.24, 2.45) is 0 Å². The van der Waals surface area contributed by atoms with Gasteiger partial charge in [-0.3, -0.25) is 4.79 Å². The molecule has 1 amide bonds. The molecule has 0 saturated heterocycles. The number of ether oxygens (including phenoxy) is 2. The van der Waals surface area contributed by atoms with E-state index in [1.165, 1.54) is 6.92 Å². The summed E-state index contributed by atoms with van der Waals surface area (Å²) in [4.78, 5) is 36.0. The van der Waals surface area contributed by atoms with Crippen molar-refractivity contribution in [3.63, 3.8) is 0 Å². The number of anilines is 1. The van der Waals surface area contributed by atoms with Crippen molar-refractivity contribution < 1.29 is 66.4 Å². The van der Waals surface area contributed by atoms with Gasteiger partial charge in [-0.15, -0.1) is 11.3 Å². The van der Waals surface area contributed by atoms with Crippen molar-refractivity contribution in [3.05, 3.63) is 16.0 Å². The van der Waals surface area contributed by atoms with Gasteiger partial charge in [0.15, 0.2) is 0 Å². The first-order valence-electron chi connectivity index (χ1n) is 6.98. The van der Waals surface area contributed by atoms with Crippen LogP contribution in [0.25, 0.3) is 0 Å². The van der Waals surface area contributed by atoms with Gasteiger partial charge in [-0.25, -0.2) is 18.0 Å². The molecule has 0 unspecified atom stereocenters. The van der Waals surface area contributed by atoms with Gasteiger partial charge in [0.05, 0.1) is 24.5 Å². The Bertz CT molecular complexity index is 775. The van der Waals surface area contributed by atoms with E-state index in [0.29, 0.717) is 0 Å². The number of hydrogen-bond donors (Lipinski definition) is 1. The maximum atomic E-state index is 12.1. The van der Waals surface area contributed by atoms with Crippen LogP contribution in [0.2, 0.25) is 0 Å². The SMILES string of the molecule is CCOC(=O)c1sc(NC(=O)CSS(=O)(=O)[O-])c(C(=O)OCC)c1C.[Na+]. The monoisotopic (exact) mass is 433 g/mol. The zero-order valence-corrected chi connectivity index (χ0v) is 19.1. The molecular formula is C13H16NNaO8S3. The third-order valence-corrected chi connectivity index (χ3v) is 5.75. The molecule has 140 valence electrons. The summed E-state index contributed by atoms with van der Waals surface area (Å²) in [5.41, 5.74) is 0.263. The predicted octanol–water partition coefficient (Wildman–Crippen LogP) is -1.45. The van der Waals surface area contributed by atoms with Gasteiger partial charge >= 0.3 is 41.5 Å². The van der Waals surface area contributed by atoms with Crippen molar-refractivity contribution >= 4 is 54.1 Å². The van der Waals surface area contributed by atoms with Crippen LogP contribution in [0.5, 0.6) is 0 Å². The molecule has 0 atom stereocenters. The molecule has 1 heterocycles. The summed E-state index contributed by atoms with van der Waals surface area (Å²) in [6, 6.07) is 0. The molecule has 0 radical (unpaired) electrons. The maximum Gasteiger partial charge on any atom is 1.00 e. The molecule has 0 aliphatic rings. The van der Waals surface area contributed by atoms with Gasteiger partial charge < -0.3 is 19.3 Å². The third-order valence-electron chi connectivity index (χ3n) is 2.67. The molecule has 9 nitrogen and oxygen atoms in total. The van der Waals surface area contributed by atoms with Gasteiger partial charge in [0.1, 0.15) is 19.0 Å².